The topological polar surface area (TPSA) is 90.7 Å². The third-order valence-electron chi connectivity index (χ3n) is 6.81. The first-order chi connectivity index (χ1) is 16.3. The van der Waals surface area contributed by atoms with Crippen LogP contribution in [0.5, 0.6) is 0 Å². The molecule has 1 aromatic carbocycles. The van der Waals surface area contributed by atoms with Gasteiger partial charge in [-0.25, -0.2) is 18.8 Å². The molecule has 0 bridgehead atoms. The highest BCUT2D eigenvalue weighted by Gasteiger charge is 2.38. The summed E-state index contributed by atoms with van der Waals surface area (Å²) in [5.74, 6) is -1.45. The van der Waals surface area contributed by atoms with E-state index >= 15 is 0 Å². The van der Waals surface area contributed by atoms with E-state index in [-0.39, 0.29) is 30.0 Å². The molecule has 2 amide bonds. The highest BCUT2D eigenvalue weighted by molar-refractivity contribution is 5.96. The van der Waals surface area contributed by atoms with E-state index < -0.39 is 17.5 Å². The minimum atomic E-state index is -0.638. The number of benzene rings is 1. The fraction of sp³-hybridized carbons (Fsp3) is 0.375. The van der Waals surface area contributed by atoms with Crippen LogP contribution in [0.15, 0.2) is 36.7 Å². The Morgan fingerprint density at radius 1 is 1.26 bits per heavy atom. The largest absolute Gasteiger partial charge is 0.355 e. The highest BCUT2D eigenvalue weighted by atomic mass is 19.1. The van der Waals surface area contributed by atoms with E-state index in [1.54, 1.807) is 6.07 Å². The first kappa shape index (κ1) is 22.4. The Kier molecular flexibility index (Phi) is 5.78. The van der Waals surface area contributed by atoms with E-state index in [9.17, 15) is 23.6 Å². The lowest BCUT2D eigenvalue weighted by Crippen LogP contribution is -2.40. The number of aromatic nitrogens is 2. The average Bonchev–Trinajstić information content (AvgIpc) is 3.34. The van der Waals surface area contributed by atoms with Crippen molar-refractivity contribution >= 4 is 22.7 Å². The zero-order valence-corrected chi connectivity index (χ0v) is 18.7. The summed E-state index contributed by atoms with van der Waals surface area (Å²) < 4.78 is 29.5. The smallest absolute Gasteiger partial charge is 0.295 e. The van der Waals surface area contributed by atoms with Gasteiger partial charge in [-0.1, -0.05) is 6.07 Å². The zero-order valence-electron chi connectivity index (χ0n) is 18.7. The van der Waals surface area contributed by atoms with Crippen LogP contribution in [0.2, 0.25) is 0 Å². The minimum Gasteiger partial charge on any atom is -0.355 e. The standard InChI is InChI=1S/C24H25F2N5O3/c1-29(34)24(33)21-7-19-16(11-30-5-4-18-15(10-30)8-28-23(18)32)13-31(22(19)9-27-21)12-14-2-3-17(25)6-20(14)26/h2-3,6-7,9,13,15,18,34H,4-5,8,10-12H2,1H3,(H,28,32)/t15-,18+/m0/s1. The van der Waals surface area contributed by atoms with Crippen molar-refractivity contribution in [2.75, 3.05) is 26.7 Å². The van der Waals surface area contributed by atoms with Crippen molar-refractivity contribution in [1.82, 2.24) is 24.8 Å². The predicted molar refractivity (Wildman–Crippen MR) is 119 cm³/mol. The summed E-state index contributed by atoms with van der Waals surface area (Å²) in [6.45, 7) is 2.97. The molecule has 4 heterocycles. The van der Waals surface area contributed by atoms with Crippen molar-refractivity contribution in [2.45, 2.75) is 19.5 Å². The summed E-state index contributed by atoms with van der Waals surface area (Å²) in [6.07, 6.45) is 4.22. The summed E-state index contributed by atoms with van der Waals surface area (Å²) in [5, 5.41) is 13.8. The zero-order chi connectivity index (χ0) is 24.0. The van der Waals surface area contributed by atoms with E-state index in [4.69, 9.17) is 0 Å². The lowest BCUT2D eigenvalue weighted by atomic mass is 9.88. The van der Waals surface area contributed by atoms with E-state index in [1.807, 2.05) is 10.8 Å². The number of nitrogens with zero attached hydrogens (tertiary/aromatic N) is 4. The number of carbonyl (C=O) groups excluding carboxylic acids is 2. The van der Waals surface area contributed by atoms with Crippen LogP contribution in [0, 0.1) is 23.5 Å². The van der Waals surface area contributed by atoms with Gasteiger partial charge in [0.25, 0.3) is 5.91 Å². The van der Waals surface area contributed by atoms with Gasteiger partial charge in [-0.3, -0.25) is 19.7 Å². The number of rotatable bonds is 5. The maximum Gasteiger partial charge on any atom is 0.295 e. The molecular weight excluding hydrogens is 444 g/mol. The van der Waals surface area contributed by atoms with Crippen LogP contribution in [0.1, 0.15) is 28.0 Å². The number of piperidine rings is 1. The molecule has 5 rings (SSSR count). The fourth-order valence-corrected chi connectivity index (χ4v) is 5.04. The summed E-state index contributed by atoms with van der Waals surface area (Å²) in [7, 11) is 1.23. The third kappa shape index (κ3) is 4.14. The van der Waals surface area contributed by atoms with Gasteiger partial charge in [-0.15, -0.1) is 0 Å². The predicted octanol–water partition coefficient (Wildman–Crippen LogP) is 2.39. The maximum absolute atomic E-state index is 14.3. The van der Waals surface area contributed by atoms with Crippen LogP contribution >= 0.6 is 0 Å². The number of carbonyl (C=O) groups is 2. The molecule has 178 valence electrons. The van der Waals surface area contributed by atoms with Crippen LogP contribution in [0.3, 0.4) is 0 Å². The molecule has 0 spiro atoms. The summed E-state index contributed by atoms with van der Waals surface area (Å²) in [6, 6.07) is 5.12. The molecular formula is C24H25F2N5O3. The second-order valence-corrected chi connectivity index (χ2v) is 9.07. The quantitative estimate of drug-likeness (QED) is 0.442. The van der Waals surface area contributed by atoms with Gasteiger partial charge in [-0.05, 0) is 30.7 Å². The van der Waals surface area contributed by atoms with Gasteiger partial charge in [-0.2, -0.15) is 0 Å². The number of nitrogens with one attached hydrogen (secondary N) is 1. The average molecular weight is 469 g/mol. The number of hydrogen-bond acceptors (Lipinski definition) is 5. The molecule has 2 aliphatic rings. The summed E-state index contributed by atoms with van der Waals surface area (Å²) in [5.41, 5.74) is 2.04. The van der Waals surface area contributed by atoms with E-state index in [0.29, 0.717) is 29.2 Å². The number of likely N-dealkylation sites (tertiary alicyclic amines) is 1. The summed E-state index contributed by atoms with van der Waals surface area (Å²) >= 11 is 0. The lowest BCUT2D eigenvalue weighted by Gasteiger charge is -2.33. The van der Waals surface area contributed by atoms with Crippen molar-refractivity contribution in [3.63, 3.8) is 0 Å². The SMILES string of the molecule is CN(O)C(=O)c1cc2c(CN3CC[C@H]4C(=O)NC[C@H]4C3)cn(Cc3ccc(F)cc3F)c2cn1. The van der Waals surface area contributed by atoms with Crippen molar-refractivity contribution < 1.29 is 23.6 Å². The Morgan fingerprint density at radius 2 is 2.09 bits per heavy atom. The molecule has 2 aliphatic heterocycles. The van der Waals surface area contributed by atoms with E-state index in [0.717, 1.165) is 36.5 Å². The van der Waals surface area contributed by atoms with Gasteiger partial charge in [0.05, 0.1) is 18.3 Å². The van der Waals surface area contributed by atoms with Crippen molar-refractivity contribution in [3.8, 4) is 0 Å². The Morgan fingerprint density at radius 3 is 2.85 bits per heavy atom. The Hall–Kier alpha value is -3.37. The normalized spacial score (nSPS) is 20.4. The molecule has 0 saturated carbocycles. The molecule has 3 aromatic rings. The number of pyridine rings is 1. The fourth-order valence-electron chi connectivity index (χ4n) is 5.04. The highest BCUT2D eigenvalue weighted by Crippen LogP contribution is 2.30. The van der Waals surface area contributed by atoms with Crippen LogP contribution < -0.4 is 5.32 Å². The van der Waals surface area contributed by atoms with Gasteiger partial charge in [0, 0.05) is 61.7 Å². The molecule has 2 saturated heterocycles. The molecule has 8 nitrogen and oxygen atoms in total. The van der Waals surface area contributed by atoms with Crippen LogP contribution in [0.4, 0.5) is 8.78 Å². The van der Waals surface area contributed by atoms with Crippen LogP contribution in [0.25, 0.3) is 10.9 Å². The van der Waals surface area contributed by atoms with E-state index in [1.165, 1.54) is 25.4 Å². The Balaban J connectivity index is 1.49. The Bertz CT molecular complexity index is 1270. The maximum atomic E-state index is 14.3. The van der Waals surface area contributed by atoms with Gasteiger partial charge < -0.3 is 9.88 Å². The van der Waals surface area contributed by atoms with Gasteiger partial charge >= 0.3 is 0 Å². The van der Waals surface area contributed by atoms with Gasteiger partial charge in [0.1, 0.15) is 17.3 Å². The van der Waals surface area contributed by atoms with Crippen molar-refractivity contribution in [3.05, 3.63) is 65.1 Å². The minimum absolute atomic E-state index is 0.0626. The van der Waals surface area contributed by atoms with Gasteiger partial charge in [0.2, 0.25) is 5.91 Å². The number of halogens is 2. The number of fused-ring (bicyclic) bond motifs is 2. The molecule has 0 unspecified atom stereocenters. The van der Waals surface area contributed by atoms with Crippen molar-refractivity contribution in [1.29, 1.82) is 0 Å². The first-order valence-electron chi connectivity index (χ1n) is 11.2. The lowest BCUT2D eigenvalue weighted by molar-refractivity contribution is -0.124. The second kappa shape index (κ2) is 8.77. The number of amides is 2. The first-order valence-corrected chi connectivity index (χ1v) is 11.2. The molecule has 2 aromatic heterocycles. The molecule has 10 heteroatoms. The third-order valence-corrected chi connectivity index (χ3v) is 6.81. The molecule has 0 aliphatic carbocycles. The van der Waals surface area contributed by atoms with Crippen LogP contribution in [-0.4, -0.2) is 63.2 Å². The number of hydrogen-bond donors (Lipinski definition) is 2. The second-order valence-electron chi connectivity index (χ2n) is 9.07. The molecule has 2 N–H and O–H groups in total. The molecule has 2 fully saturated rings. The van der Waals surface area contributed by atoms with Gasteiger partial charge in [0.15, 0.2) is 0 Å². The Labute approximate surface area is 194 Å². The van der Waals surface area contributed by atoms with Crippen molar-refractivity contribution in [2.24, 2.45) is 11.8 Å². The molecule has 0 radical (unpaired) electrons. The summed E-state index contributed by atoms with van der Waals surface area (Å²) in [4.78, 5) is 30.7. The molecule has 34 heavy (non-hydrogen) atoms. The van der Waals surface area contributed by atoms with E-state index in [2.05, 4.69) is 15.2 Å². The number of hydroxylamine groups is 2. The monoisotopic (exact) mass is 469 g/mol. The van der Waals surface area contributed by atoms with Crippen LogP contribution in [-0.2, 0) is 17.9 Å². The molecule has 2 atom stereocenters.